The van der Waals surface area contributed by atoms with E-state index in [1.54, 1.807) is 11.1 Å². The number of rotatable bonds is 6. The van der Waals surface area contributed by atoms with Crippen molar-refractivity contribution in [3.05, 3.63) is 42.1 Å². The van der Waals surface area contributed by atoms with Crippen LogP contribution in [0.5, 0.6) is 0 Å². The largest absolute Gasteiger partial charge is 0.464 e. The third kappa shape index (κ3) is 4.01. The monoisotopic (exact) mass is 316 g/mol. The van der Waals surface area contributed by atoms with E-state index in [-0.39, 0.29) is 5.91 Å². The molecule has 2 aromatic rings. The van der Waals surface area contributed by atoms with Crippen molar-refractivity contribution < 1.29 is 9.21 Å². The Bertz CT molecular complexity index is 635. The number of likely N-dealkylation sites (N-methyl/N-ethyl adjacent to an activating group) is 1. The Labute approximate surface area is 136 Å². The Morgan fingerprint density at radius 2 is 2.35 bits per heavy atom. The van der Waals surface area contributed by atoms with Crippen molar-refractivity contribution in [3.8, 4) is 0 Å². The van der Waals surface area contributed by atoms with Gasteiger partial charge in [-0.3, -0.25) is 14.4 Å². The van der Waals surface area contributed by atoms with Gasteiger partial charge in [0.25, 0.3) is 0 Å². The number of likely N-dealkylation sites (tertiary alicyclic amines) is 1. The SMILES string of the molecule is Cc1ccc(CN(C)C(=O)CN2CCC[C@H]2Cn2cccn2)o1. The van der Waals surface area contributed by atoms with E-state index in [4.69, 9.17) is 4.42 Å². The minimum atomic E-state index is 0.131. The molecule has 3 heterocycles. The first-order valence-electron chi connectivity index (χ1n) is 8.12. The molecule has 23 heavy (non-hydrogen) atoms. The summed E-state index contributed by atoms with van der Waals surface area (Å²) in [7, 11) is 1.83. The number of amides is 1. The summed E-state index contributed by atoms with van der Waals surface area (Å²) in [6.45, 7) is 4.72. The van der Waals surface area contributed by atoms with Gasteiger partial charge in [-0.15, -0.1) is 0 Å². The lowest BCUT2D eigenvalue weighted by molar-refractivity contribution is -0.132. The van der Waals surface area contributed by atoms with Gasteiger partial charge in [0, 0.05) is 25.5 Å². The fourth-order valence-corrected chi connectivity index (χ4v) is 3.12. The molecule has 0 aliphatic carbocycles. The van der Waals surface area contributed by atoms with Gasteiger partial charge in [-0.1, -0.05) is 0 Å². The second-order valence-electron chi connectivity index (χ2n) is 6.26. The molecule has 1 amide bonds. The number of aromatic nitrogens is 2. The first kappa shape index (κ1) is 15.8. The molecule has 2 aromatic heterocycles. The minimum absolute atomic E-state index is 0.131. The molecule has 1 saturated heterocycles. The van der Waals surface area contributed by atoms with Crippen molar-refractivity contribution >= 4 is 5.91 Å². The lowest BCUT2D eigenvalue weighted by Crippen LogP contribution is -2.41. The maximum absolute atomic E-state index is 12.5. The van der Waals surface area contributed by atoms with Gasteiger partial charge in [0.1, 0.15) is 11.5 Å². The Morgan fingerprint density at radius 3 is 3.04 bits per heavy atom. The maximum atomic E-state index is 12.5. The zero-order valence-corrected chi connectivity index (χ0v) is 13.8. The lowest BCUT2D eigenvalue weighted by Gasteiger charge is -2.26. The molecule has 1 aliphatic rings. The van der Waals surface area contributed by atoms with E-state index in [0.717, 1.165) is 37.5 Å². The van der Waals surface area contributed by atoms with Crippen LogP contribution in [0.1, 0.15) is 24.4 Å². The van der Waals surface area contributed by atoms with Crippen LogP contribution in [0.15, 0.2) is 35.0 Å². The summed E-state index contributed by atoms with van der Waals surface area (Å²) < 4.78 is 7.49. The summed E-state index contributed by atoms with van der Waals surface area (Å²) in [4.78, 5) is 16.5. The van der Waals surface area contributed by atoms with E-state index in [1.807, 2.05) is 43.0 Å². The van der Waals surface area contributed by atoms with E-state index >= 15 is 0 Å². The van der Waals surface area contributed by atoms with Crippen molar-refractivity contribution in [1.82, 2.24) is 19.6 Å². The molecule has 124 valence electrons. The highest BCUT2D eigenvalue weighted by Crippen LogP contribution is 2.19. The van der Waals surface area contributed by atoms with Crippen LogP contribution in [-0.4, -0.2) is 51.7 Å². The van der Waals surface area contributed by atoms with Crippen LogP contribution in [0.25, 0.3) is 0 Å². The molecule has 0 spiro atoms. The Hall–Kier alpha value is -2.08. The molecule has 0 bridgehead atoms. The van der Waals surface area contributed by atoms with Crippen LogP contribution in [-0.2, 0) is 17.9 Å². The molecule has 6 nitrogen and oxygen atoms in total. The second-order valence-corrected chi connectivity index (χ2v) is 6.26. The van der Waals surface area contributed by atoms with Gasteiger partial charge in [-0.05, 0) is 44.5 Å². The zero-order chi connectivity index (χ0) is 16.2. The van der Waals surface area contributed by atoms with E-state index in [0.29, 0.717) is 19.1 Å². The molecule has 0 unspecified atom stereocenters. The average Bonchev–Trinajstić information content (AvgIpc) is 3.24. The zero-order valence-electron chi connectivity index (χ0n) is 13.8. The highest BCUT2D eigenvalue weighted by molar-refractivity contribution is 5.78. The van der Waals surface area contributed by atoms with Crippen LogP contribution in [0.4, 0.5) is 0 Å². The number of aryl methyl sites for hydroxylation is 1. The summed E-state index contributed by atoms with van der Waals surface area (Å²) in [5.74, 6) is 1.83. The summed E-state index contributed by atoms with van der Waals surface area (Å²) in [5.41, 5.74) is 0. The number of hydrogen-bond donors (Lipinski definition) is 0. The van der Waals surface area contributed by atoms with Crippen LogP contribution >= 0.6 is 0 Å². The molecule has 6 heteroatoms. The molecule has 1 atom stereocenters. The van der Waals surface area contributed by atoms with Gasteiger partial charge < -0.3 is 9.32 Å². The number of carbonyl (C=O) groups excluding carboxylic acids is 1. The van der Waals surface area contributed by atoms with Crippen molar-refractivity contribution in [2.75, 3.05) is 20.1 Å². The summed E-state index contributed by atoms with van der Waals surface area (Å²) in [6, 6.07) is 6.17. The van der Waals surface area contributed by atoms with Gasteiger partial charge in [0.2, 0.25) is 5.91 Å². The molecular weight excluding hydrogens is 292 g/mol. The van der Waals surface area contributed by atoms with Crippen molar-refractivity contribution in [1.29, 1.82) is 0 Å². The van der Waals surface area contributed by atoms with Crippen molar-refractivity contribution in [2.24, 2.45) is 0 Å². The standard InChI is InChI=1S/C17H24N4O2/c1-14-6-7-16(23-14)12-19(2)17(22)13-20-9-3-5-15(20)11-21-10-4-8-18-21/h4,6-8,10,15H,3,5,9,11-13H2,1-2H3/t15-/m0/s1. The fraction of sp³-hybridized carbons (Fsp3) is 0.529. The predicted octanol–water partition coefficient (Wildman–Crippen LogP) is 1.91. The van der Waals surface area contributed by atoms with Crippen LogP contribution in [0.2, 0.25) is 0 Å². The molecule has 0 aromatic carbocycles. The fourth-order valence-electron chi connectivity index (χ4n) is 3.12. The number of carbonyl (C=O) groups is 1. The molecule has 0 N–H and O–H groups in total. The summed E-state index contributed by atoms with van der Waals surface area (Å²) in [6.07, 6.45) is 6.03. The first-order chi connectivity index (χ1) is 11.1. The van der Waals surface area contributed by atoms with Crippen molar-refractivity contribution in [3.63, 3.8) is 0 Å². The molecule has 0 radical (unpaired) electrons. The van der Waals surface area contributed by atoms with Crippen LogP contribution < -0.4 is 0 Å². The van der Waals surface area contributed by atoms with Gasteiger partial charge in [0.15, 0.2) is 0 Å². The van der Waals surface area contributed by atoms with E-state index in [2.05, 4.69) is 10.00 Å². The average molecular weight is 316 g/mol. The third-order valence-corrected chi connectivity index (χ3v) is 4.41. The summed E-state index contributed by atoms with van der Waals surface area (Å²) in [5, 5.41) is 4.27. The quantitative estimate of drug-likeness (QED) is 0.817. The van der Waals surface area contributed by atoms with E-state index < -0.39 is 0 Å². The second kappa shape index (κ2) is 7.00. The third-order valence-electron chi connectivity index (χ3n) is 4.41. The highest BCUT2D eigenvalue weighted by atomic mass is 16.3. The molecule has 0 saturated carbocycles. The first-order valence-corrected chi connectivity index (χ1v) is 8.12. The molecule has 3 rings (SSSR count). The smallest absolute Gasteiger partial charge is 0.236 e. The molecular formula is C17H24N4O2. The van der Waals surface area contributed by atoms with E-state index in [1.165, 1.54) is 0 Å². The number of nitrogens with zero attached hydrogens (tertiary/aromatic N) is 4. The Kier molecular flexibility index (Phi) is 4.81. The minimum Gasteiger partial charge on any atom is -0.464 e. The van der Waals surface area contributed by atoms with Gasteiger partial charge >= 0.3 is 0 Å². The number of hydrogen-bond acceptors (Lipinski definition) is 4. The maximum Gasteiger partial charge on any atom is 0.236 e. The van der Waals surface area contributed by atoms with Crippen LogP contribution in [0.3, 0.4) is 0 Å². The Balaban J connectivity index is 1.53. The van der Waals surface area contributed by atoms with Gasteiger partial charge in [0.05, 0.1) is 19.6 Å². The van der Waals surface area contributed by atoms with Gasteiger partial charge in [-0.2, -0.15) is 5.10 Å². The van der Waals surface area contributed by atoms with E-state index in [9.17, 15) is 4.79 Å². The molecule has 1 fully saturated rings. The number of furan rings is 1. The van der Waals surface area contributed by atoms with Crippen LogP contribution in [0, 0.1) is 6.92 Å². The van der Waals surface area contributed by atoms with Gasteiger partial charge in [-0.25, -0.2) is 0 Å². The van der Waals surface area contributed by atoms with Crippen molar-refractivity contribution in [2.45, 2.75) is 38.9 Å². The molecule has 1 aliphatic heterocycles. The predicted molar refractivity (Wildman–Crippen MR) is 86.7 cm³/mol. The highest BCUT2D eigenvalue weighted by Gasteiger charge is 2.27. The normalized spacial score (nSPS) is 18.4. The lowest BCUT2D eigenvalue weighted by atomic mass is 10.2. The Morgan fingerprint density at radius 1 is 1.48 bits per heavy atom. The summed E-state index contributed by atoms with van der Waals surface area (Å²) >= 11 is 0. The topological polar surface area (TPSA) is 54.5 Å².